The van der Waals surface area contributed by atoms with Crippen LogP contribution in [0.25, 0.3) is 0 Å². The third kappa shape index (κ3) is 2.33. The molecule has 1 rings (SSSR count). The Morgan fingerprint density at radius 1 is 1.36 bits per heavy atom. The van der Waals surface area contributed by atoms with Crippen LogP contribution in [0.15, 0.2) is 23.1 Å². The standard InChI is InChI=1S/C9H9ClO3S/c1-6-3-4-7(9(10)11)5-8(6)14(2,12)13/h3-5H,1-2H3. The lowest BCUT2D eigenvalue weighted by atomic mass is 10.2. The van der Waals surface area contributed by atoms with Crippen molar-refractivity contribution >= 4 is 26.7 Å². The molecule has 0 heterocycles. The average molecular weight is 233 g/mol. The molecular weight excluding hydrogens is 224 g/mol. The number of carbonyl (C=O) groups excluding carboxylic acids is 1. The fourth-order valence-corrected chi connectivity index (χ4v) is 2.23. The van der Waals surface area contributed by atoms with Crippen LogP contribution in [0.1, 0.15) is 15.9 Å². The molecule has 0 N–H and O–H groups in total. The maximum absolute atomic E-state index is 11.3. The Morgan fingerprint density at radius 3 is 2.36 bits per heavy atom. The van der Waals surface area contributed by atoms with Gasteiger partial charge in [-0.25, -0.2) is 8.42 Å². The van der Waals surface area contributed by atoms with Gasteiger partial charge in [-0.15, -0.1) is 0 Å². The second-order valence-corrected chi connectivity index (χ2v) is 5.35. The van der Waals surface area contributed by atoms with Crippen molar-refractivity contribution in [2.45, 2.75) is 11.8 Å². The number of sulfone groups is 1. The summed E-state index contributed by atoms with van der Waals surface area (Å²) in [6.07, 6.45) is 1.10. The summed E-state index contributed by atoms with van der Waals surface area (Å²) in [6, 6.07) is 4.35. The van der Waals surface area contributed by atoms with Crippen molar-refractivity contribution < 1.29 is 13.2 Å². The lowest BCUT2D eigenvalue weighted by molar-refractivity contribution is 0.108. The summed E-state index contributed by atoms with van der Waals surface area (Å²) < 4.78 is 22.5. The summed E-state index contributed by atoms with van der Waals surface area (Å²) in [5, 5.41) is -0.657. The minimum atomic E-state index is -3.30. The maximum atomic E-state index is 11.3. The Morgan fingerprint density at radius 2 is 1.93 bits per heavy atom. The van der Waals surface area contributed by atoms with E-state index in [2.05, 4.69) is 0 Å². The van der Waals surface area contributed by atoms with Gasteiger partial charge < -0.3 is 0 Å². The first-order valence-corrected chi connectivity index (χ1v) is 6.10. The summed E-state index contributed by atoms with van der Waals surface area (Å²) in [7, 11) is -3.30. The van der Waals surface area contributed by atoms with Crippen LogP contribution < -0.4 is 0 Å². The molecule has 1 aromatic rings. The van der Waals surface area contributed by atoms with Gasteiger partial charge in [-0.3, -0.25) is 4.79 Å². The summed E-state index contributed by atoms with van der Waals surface area (Å²) in [5.74, 6) is 0. The summed E-state index contributed by atoms with van der Waals surface area (Å²) in [4.78, 5) is 10.9. The zero-order valence-electron chi connectivity index (χ0n) is 7.74. The Hall–Kier alpha value is -0.870. The topological polar surface area (TPSA) is 51.2 Å². The first kappa shape index (κ1) is 11.2. The number of carbonyl (C=O) groups is 1. The summed E-state index contributed by atoms with van der Waals surface area (Å²) in [6.45, 7) is 1.67. The zero-order chi connectivity index (χ0) is 10.9. The van der Waals surface area contributed by atoms with E-state index in [0.29, 0.717) is 5.56 Å². The van der Waals surface area contributed by atoms with Crippen LogP contribution in [0.5, 0.6) is 0 Å². The van der Waals surface area contributed by atoms with Crippen molar-refractivity contribution in [1.82, 2.24) is 0 Å². The molecule has 14 heavy (non-hydrogen) atoms. The van der Waals surface area contributed by atoms with Gasteiger partial charge in [0.2, 0.25) is 0 Å². The summed E-state index contributed by atoms with van der Waals surface area (Å²) >= 11 is 5.24. The van der Waals surface area contributed by atoms with Crippen LogP contribution in [0.3, 0.4) is 0 Å². The van der Waals surface area contributed by atoms with E-state index in [1.165, 1.54) is 12.1 Å². The smallest absolute Gasteiger partial charge is 0.252 e. The quantitative estimate of drug-likeness (QED) is 0.731. The van der Waals surface area contributed by atoms with E-state index in [1.54, 1.807) is 13.0 Å². The number of hydrogen-bond donors (Lipinski definition) is 0. The van der Waals surface area contributed by atoms with Crippen LogP contribution in [-0.2, 0) is 9.84 Å². The predicted molar refractivity (Wildman–Crippen MR) is 54.5 cm³/mol. The number of aryl methyl sites for hydroxylation is 1. The number of benzene rings is 1. The molecule has 0 fully saturated rings. The molecule has 1 aromatic carbocycles. The van der Waals surface area contributed by atoms with Crippen molar-refractivity contribution in [3.8, 4) is 0 Å². The SMILES string of the molecule is Cc1ccc(C(=O)Cl)cc1S(C)(=O)=O. The second kappa shape index (κ2) is 3.71. The molecule has 3 nitrogen and oxygen atoms in total. The van der Waals surface area contributed by atoms with E-state index in [4.69, 9.17) is 11.6 Å². The highest BCUT2D eigenvalue weighted by Gasteiger charge is 2.13. The highest BCUT2D eigenvalue weighted by Crippen LogP contribution is 2.17. The van der Waals surface area contributed by atoms with E-state index in [-0.39, 0.29) is 10.5 Å². The lowest BCUT2D eigenvalue weighted by Gasteiger charge is -2.04. The molecule has 0 aliphatic heterocycles. The van der Waals surface area contributed by atoms with Crippen molar-refractivity contribution in [3.05, 3.63) is 29.3 Å². The van der Waals surface area contributed by atoms with Gasteiger partial charge in [-0.05, 0) is 36.2 Å². The highest BCUT2D eigenvalue weighted by molar-refractivity contribution is 7.90. The van der Waals surface area contributed by atoms with E-state index < -0.39 is 15.1 Å². The Balaban J connectivity index is 3.44. The third-order valence-corrected chi connectivity index (χ3v) is 3.27. The number of halogens is 1. The van der Waals surface area contributed by atoms with Crippen LogP contribution in [0.4, 0.5) is 0 Å². The van der Waals surface area contributed by atoms with Crippen LogP contribution in [-0.4, -0.2) is 19.9 Å². The van der Waals surface area contributed by atoms with Gasteiger partial charge in [0.1, 0.15) is 0 Å². The zero-order valence-corrected chi connectivity index (χ0v) is 9.32. The molecule has 0 aromatic heterocycles. The maximum Gasteiger partial charge on any atom is 0.252 e. The van der Waals surface area contributed by atoms with Gasteiger partial charge in [0.05, 0.1) is 4.90 Å². The molecule has 0 radical (unpaired) electrons. The van der Waals surface area contributed by atoms with Gasteiger partial charge >= 0.3 is 0 Å². The average Bonchev–Trinajstić information content (AvgIpc) is 2.02. The molecule has 5 heteroatoms. The molecule has 76 valence electrons. The summed E-state index contributed by atoms with van der Waals surface area (Å²) in [5.41, 5.74) is 0.798. The van der Waals surface area contributed by atoms with Gasteiger partial charge in [0, 0.05) is 11.8 Å². The molecule has 0 aliphatic rings. The van der Waals surface area contributed by atoms with E-state index in [0.717, 1.165) is 6.26 Å². The highest BCUT2D eigenvalue weighted by atomic mass is 35.5. The van der Waals surface area contributed by atoms with Gasteiger partial charge in [-0.2, -0.15) is 0 Å². The second-order valence-electron chi connectivity index (χ2n) is 3.03. The molecule has 0 unspecified atom stereocenters. The van der Waals surface area contributed by atoms with E-state index >= 15 is 0 Å². The Kier molecular flexibility index (Phi) is 2.97. The van der Waals surface area contributed by atoms with E-state index in [9.17, 15) is 13.2 Å². The van der Waals surface area contributed by atoms with Gasteiger partial charge in [0.15, 0.2) is 9.84 Å². The van der Waals surface area contributed by atoms with E-state index in [1.807, 2.05) is 0 Å². The molecule has 0 atom stereocenters. The number of rotatable bonds is 2. The van der Waals surface area contributed by atoms with Crippen molar-refractivity contribution in [1.29, 1.82) is 0 Å². The third-order valence-electron chi connectivity index (χ3n) is 1.81. The minimum absolute atomic E-state index is 0.143. The molecule has 0 amide bonds. The molecule has 0 saturated carbocycles. The monoisotopic (exact) mass is 232 g/mol. The molecular formula is C9H9ClO3S. The largest absolute Gasteiger partial charge is 0.276 e. The van der Waals surface area contributed by atoms with Gasteiger partial charge in [0.25, 0.3) is 5.24 Å². The first-order valence-electron chi connectivity index (χ1n) is 3.83. The van der Waals surface area contributed by atoms with Crippen LogP contribution in [0.2, 0.25) is 0 Å². The molecule has 0 aliphatic carbocycles. The normalized spacial score (nSPS) is 11.4. The van der Waals surface area contributed by atoms with Crippen LogP contribution in [0, 0.1) is 6.92 Å². The fraction of sp³-hybridized carbons (Fsp3) is 0.222. The molecule has 0 spiro atoms. The minimum Gasteiger partial charge on any atom is -0.276 e. The van der Waals surface area contributed by atoms with Crippen molar-refractivity contribution in [3.63, 3.8) is 0 Å². The fourth-order valence-electron chi connectivity index (χ4n) is 1.12. The predicted octanol–water partition coefficient (Wildman–Crippen LogP) is 1.78. The molecule has 0 saturated heterocycles. The Bertz CT molecular complexity index is 477. The lowest BCUT2D eigenvalue weighted by Crippen LogP contribution is -2.02. The molecule has 0 bridgehead atoms. The Labute approximate surface area is 87.6 Å². The van der Waals surface area contributed by atoms with Crippen molar-refractivity contribution in [2.75, 3.05) is 6.26 Å². The van der Waals surface area contributed by atoms with Crippen molar-refractivity contribution in [2.24, 2.45) is 0 Å². The first-order chi connectivity index (χ1) is 6.32. The number of hydrogen-bond acceptors (Lipinski definition) is 3. The van der Waals surface area contributed by atoms with Gasteiger partial charge in [-0.1, -0.05) is 6.07 Å². The van der Waals surface area contributed by atoms with Crippen LogP contribution >= 0.6 is 11.6 Å².